The number of aromatic amines is 1. The average molecular weight is 195 g/mol. The van der Waals surface area contributed by atoms with Crippen LogP contribution in [0.25, 0.3) is 0 Å². The van der Waals surface area contributed by atoms with Gasteiger partial charge in [-0.2, -0.15) is 0 Å². The van der Waals surface area contributed by atoms with Crippen LogP contribution in [0.15, 0.2) is 23.0 Å². The molecule has 0 saturated heterocycles. The highest BCUT2D eigenvalue weighted by Gasteiger charge is 2.02. The molecule has 1 N–H and O–H groups in total. The second-order valence-electron chi connectivity index (χ2n) is 2.81. The fourth-order valence-corrected chi connectivity index (χ4v) is 1.43. The molecule has 2 aromatic rings. The molecule has 0 spiro atoms. The van der Waals surface area contributed by atoms with Crippen molar-refractivity contribution >= 4 is 12.2 Å². The number of imidazole rings is 1. The SMILES string of the molecule is Cc1c[nH]c(=S)n1Cc1ccon1. The highest BCUT2D eigenvalue weighted by Crippen LogP contribution is 2.04. The number of nitrogens with one attached hydrogen (secondary N) is 1. The molecule has 0 aliphatic heterocycles. The first-order valence-corrected chi connectivity index (χ1v) is 4.32. The summed E-state index contributed by atoms with van der Waals surface area (Å²) in [6, 6.07) is 1.83. The van der Waals surface area contributed by atoms with Crippen LogP contribution in [-0.2, 0) is 6.54 Å². The minimum Gasteiger partial charge on any atom is -0.364 e. The van der Waals surface area contributed by atoms with Gasteiger partial charge in [0.25, 0.3) is 0 Å². The summed E-state index contributed by atoms with van der Waals surface area (Å²) in [6.45, 7) is 2.65. The topological polar surface area (TPSA) is 46.8 Å². The van der Waals surface area contributed by atoms with E-state index in [4.69, 9.17) is 16.7 Å². The molecule has 13 heavy (non-hydrogen) atoms. The second kappa shape index (κ2) is 3.18. The van der Waals surface area contributed by atoms with E-state index in [2.05, 4.69) is 10.1 Å². The summed E-state index contributed by atoms with van der Waals surface area (Å²) >= 11 is 5.09. The van der Waals surface area contributed by atoms with Crippen LogP contribution < -0.4 is 0 Å². The molecule has 0 radical (unpaired) electrons. The van der Waals surface area contributed by atoms with Crippen molar-refractivity contribution in [3.05, 3.63) is 34.7 Å². The largest absolute Gasteiger partial charge is 0.364 e. The Kier molecular flexibility index (Phi) is 2.02. The molecule has 0 unspecified atom stereocenters. The molecule has 68 valence electrons. The van der Waals surface area contributed by atoms with Gasteiger partial charge in [0.2, 0.25) is 0 Å². The fraction of sp³-hybridized carbons (Fsp3) is 0.250. The number of aryl methyl sites for hydroxylation is 1. The third-order valence-electron chi connectivity index (χ3n) is 1.89. The third-order valence-corrected chi connectivity index (χ3v) is 2.23. The molecule has 0 aliphatic carbocycles. The van der Waals surface area contributed by atoms with Gasteiger partial charge < -0.3 is 14.1 Å². The average Bonchev–Trinajstić information content (AvgIpc) is 2.70. The zero-order valence-corrected chi connectivity index (χ0v) is 7.97. The predicted octanol–water partition coefficient (Wildman–Crippen LogP) is 1.89. The molecule has 2 rings (SSSR count). The van der Waals surface area contributed by atoms with Crippen LogP contribution in [0.4, 0.5) is 0 Å². The molecule has 0 fully saturated rings. The molecular weight excluding hydrogens is 186 g/mol. The van der Waals surface area contributed by atoms with E-state index in [1.54, 1.807) is 6.26 Å². The number of nitrogens with zero attached hydrogens (tertiary/aromatic N) is 2. The Labute approximate surface area is 80.2 Å². The van der Waals surface area contributed by atoms with E-state index < -0.39 is 0 Å². The highest BCUT2D eigenvalue weighted by molar-refractivity contribution is 7.71. The van der Waals surface area contributed by atoms with Crippen LogP contribution >= 0.6 is 12.2 Å². The summed E-state index contributed by atoms with van der Waals surface area (Å²) in [5.41, 5.74) is 1.96. The lowest BCUT2D eigenvalue weighted by Gasteiger charge is -2.00. The van der Waals surface area contributed by atoms with Crippen molar-refractivity contribution in [2.24, 2.45) is 0 Å². The zero-order chi connectivity index (χ0) is 9.26. The maximum absolute atomic E-state index is 5.09. The Morgan fingerprint density at radius 2 is 2.54 bits per heavy atom. The van der Waals surface area contributed by atoms with Crippen LogP contribution in [-0.4, -0.2) is 14.7 Å². The molecule has 4 nitrogen and oxygen atoms in total. The molecule has 0 bridgehead atoms. The van der Waals surface area contributed by atoms with Crippen LogP contribution in [0.1, 0.15) is 11.4 Å². The van der Waals surface area contributed by atoms with Crippen molar-refractivity contribution in [1.29, 1.82) is 0 Å². The van der Waals surface area contributed by atoms with Gasteiger partial charge in [-0.25, -0.2) is 0 Å². The van der Waals surface area contributed by atoms with E-state index in [1.165, 1.54) is 0 Å². The van der Waals surface area contributed by atoms with Crippen LogP contribution in [0.2, 0.25) is 0 Å². The van der Waals surface area contributed by atoms with Crippen molar-refractivity contribution in [3.63, 3.8) is 0 Å². The van der Waals surface area contributed by atoms with E-state index in [1.807, 2.05) is 23.8 Å². The first-order chi connectivity index (χ1) is 6.27. The minimum atomic E-state index is 0.657. The molecule has 0 aromatic carbocycles. The van der Waals surface area contributed by atoms with Crippen molar-refractivity contribution in [2.45, 2.75) is 13.5 Å². The summed E-state index contributed by atoms with van der Waals surface area (Å²) in [6.07, 6.45) is 3.43. The van der Waals surface area contributed by atoms with Crippen molar-refractivity contribution in [1.82, 2.24) is 14.7 Å². The van der Waals surface area contributed by atoms with Crippen LogP contribution in [0, 0.1) is 11.7 Å². The van der Waals surface area contributed by atoms with Gasteiger partial charge in [-0.1, -0.05) is 5.16 Å². The van der Waals surface area contributed by atoms with Gasteiger partial charge in [0.05, 0.1) is 6.54 Å². The molecule has 5 heteroatoms. The van der Waals surface area contributed by atoms with Gasteiger partial charge >= 0.3 is 0 Å². The van der Waals surface area contributed by atoms with Crippen LogP contribution in [0.5, 0.6) is 0 Å². The second-order valence-corrected chi connectivity index (χ2v) is 3.20. The number of H-pyrrole nitrogens is 1. The van der Waals surface area contributed by atoms with Crippen LogP contribution in [0.3, 0.4) is 0 Å². The lowest BCUT2D eigenvalue weighted by atomic mass is 10.4. The maximum Gasteiger partial charge on any atom is 0.177 e. The van der Waals surface area contributed by atoms with E-state index in [0.29, 0.717) is 11.3 Å². The Morgan fingerprint density at radius 3 is 3.08 bits per heavy atom. The molecular formula is C8H9N3OS. The van der Waals surface area contributed by atoms with E-state index in [9.17, 15) is 0 Å². The maximum atomic E-state index is 5.09. The Hall–Kier alpha value is -1.36. The summed E-state index contributed by atoms with van der Waals surface area (Å²) < 4.78 is 7.41. The lowest BCUT2D eigenvalue weighted by molar-refractivity contribution is 0.409. The van der Waals surface area contributed by atoms with Gasteiger partial charge in [-0.05, 0) is 19.1 Å². The van der Waals surface area contributed by atoms with Gasteiger partial charge in [0.1, 0.15) is 12.0 Å². The minimum absolute atomic E-state index is 0.657. The number of rotatable bonds is 2. The summed E-state index contributed by atoms with van der Waals surface area (Å²) in [5.74, 6) is 0. The molecule has 0 amide bonds. The van der Waals surface area contributed by atoms with E-state index in [-0.39, 0.29) is 0 Å². The predicted molar refractivity (Wildman–Crippen MR) is 50.0 cm³/mol. The number of aromatic nitrogens is 3. The highest BCUT2D eigenvalue weighted by atomic mass is 32.1. The molecule has 0 aliphatic rings. The van der Waals surface area contributed by atoms with Gasteiger partial charge in [0.15, 0.2) is 4.77 Å². The quantitative estimate of drug-likeness (QED) is 0.744. The van der Waals surface area contributed by atoms with Gasteiger partial charge in [0, 0.05) is 18.0 Å². The molecule has 2 heterocycles. The number of hydrogen-bond donors (Lipinski definition) is 1. The first-order valence-electron chi connectivity index (χ1n) is 3.91. The molecule has 0 saturated carbocycles. The van der Waals surface area contributed by atoms with E-state index >= 15 is 0 Å². The fourth-order valence-electron chi connectivity index (χ4n) is 1.16. The van der Waals surface area contributed by atoms with Gasteiger partial charge in [-0.15, -0.1) is 0 Å². The summed E-state index contributed by atoms with van der Waals surface area (Å²) in [5, 5.41) is 3.82. The van der Waals surface area contributed by atoms with Crippen molar-refractivity contribution < 1.29 is 4.52 Å². The smallest absolute Gasteiger partial charge is 0.177 e. The van der Waals surface area contributed by atoms with Gasteiger partial charge in [-0.3, -0.25) is 0 Å². The first kappa shape index (κ1) is 8.25. The summed E-state index contributed by atoms with van der Waals surface area (Å²) in [7, 11) is 0. The lowest BCUT2D eigenvalue weighted by Crippen LogP contribution is -2.01. The third kappa shape index (κ3) is 1.55. The standard InChI is InChI=1S/C8H9N3OS/c1-6-4-9-8(13)11(6)5-7-2-3-12-10-7/h2-4H,5H2,1H3,(H,9,13). The normalized spacial score (nSPS) is 10.5. The van der Waals surface area contributed by atoms with Crippen molar-refractivity contribution in [3.8, 4) is 0 Å². The molecule has 2 aromatic heterocycles. The number of hydrogen-bond acceptors (Lipinski definition) is 3. The summed E-state index contributed by atoms with van der Waals surface area (Å²) in [4.78, 5) is 2.97. The Morgan fingerprint density at radius 1 is 1.69 bits per heavy atom. The Balaban J connectivity index is 2.33. The monoisotopic (exact) mass is 195 g/mol. The van der Waals surface area contributed by atoms with E-state index in [0.717, 1.165) is 11.4 Å². The Bertz CT molecular complexity index is 440. The van der Waals surface area contributed by atoms with Crippen molar-refractivity contribution in [2.75, 3.05) is 0 Å². The zero-order valence-electron chi connectivity index (χ0n) is 7.15. The molecule has 0 atom stereocenters.